The van der Waals surface area contributed by atoms with Crippen LogP contribution in [0.2, 0.25) is 0 Å². The van der Waals surface area contributed by atoms with Crippen LogP contribution in [0.5, 0.6) is 0 Å². The molecule has 0 amide bonds. The van der Waals surface area contributed by atoms with Crippen LogP contribution in [0, 0.1) is 0 Å². The molecule has 2 nitrogen and oxygen atoms in total. The first-order valence-electron chi connectivity index (χ1n) is 13.2. The summed E-state index contributed by atoms with van der Waals surface area (Å²) < 4.78 is 6.80. The maximum Gasteiger partial charge on any atom is 0.0541 e. The molecule has 0 N–H and O–H groups in total. The standard InChI is InChI=1S/C36H22Br2N2/c37-25-20-26(38)22-28(21-25)40-34-13-7-5-11-30(34)32-19-24(15-17-36(32)40)23-14-16-35-31(18-23)29-10-4-6-12-33(29)39(35)27-8-2-1-3-9-27/h1-22H. The van der Waals surface area contributed by atoms with Gasteiger partial charge in [0.25, 0.3) is 0 Å². The van der Waals surface area contributed by atoms with E-state index in [0.29, 0.717) is 0 Å². The topological polar surface area (TPSA) is 9.86 Å². The normalized spacial score (nSPS) is 11.8. The first kappa shape index (κ1) is 23.7. The van der Waals surface area contributed by atoms with Gasteiger partial charge in [-0.25, -0.2) is 0 Å². The minimum atomic E-state index is 1.04. The molecule has 2 heterocycles. The van der Waals surface area contributed by atoms with Gasteiger partial charge in [0.15, 0.2) is 0 Å². The van der Waals surface area contributed by atoms with Gasteiger partial charge in [-0.05, 0) is 77.9 Å². The number of aromatic nitrogens is 2. The highest BCUT2D eigenvalue weighted by molar-refractivity contribution is 9.11. The maximum absolute atomic E-state index is 3.68. The second-order valence-corrected chi connectivity index (χ2v) is 12.0. The Bertz CT molecular complexity index is 2220. The number of hydrogen-bond acceptors (Lipinski definition) is 0. The van der Waals surface area contributed by atoms with Gasteiger partial charge in [0.05, 0.1) is 22.1 Å². The third kappa shape index (κ3) is 3.67. The fourth-order valence-electron chi connectivity index (χ4n) is 6.11. The van der Waals surface area contributed by atoms with Gasteiger partial charge in [-0.2, -0.15) is 0 Å². The van der Waals surface area contributed by atoms with Crippen molar-refractivity contribution in [3.05, 3.63) is 142 Å². The number of rotatable bonds is 3. The van der Waals surface area contributed by atoms with Gasteiger partial charge in [-0.3, -0.25) is 0 Å². The van der Waals surface area contributed by atoms with E-state index in [1.54, 1.807) is 0 Å². The van der Waals surface area contributed by atoms with E-state index in [4.69, 9.17) is 0 Å². The third-order valence-corrected chi connectivity index (χ3v) is 8.71. The Morgan fingerprint density at radius 3 is 1.35 bits per heavy atom. The monoisotopic (exact) mass is 640 g/mol. The van der Waals surface area contributed by atoms with Crippen LogP contribution in [0.1, 0.15) is 0 Å². The predicted molar refractivity (Wildman–Crippen MR) is 176 cm³/mol. The van der Waals surface area contributed by atoms with E-state index >= 15 is 0 Å². The Kier molecular flexibility index (Phi) is 5.48. The number of nitrogens with zero attached hydrogens (tertiary/aromatic N) is 2. The second-order valence-electron chi connectivity index (χ2n) is 10.1. The summed E-state index contributed by atoms with van der Waals surface area (Å²) in [6, 6.07) is 48.1. The van der Waals surface area contributed by atoms with Crippen molar-refractivity contribution in [2.75, 3.05) is 0 Å². The molecule has 0 radical (unpaired) electrons. The first-order valence-corrected chi connectivity index (χ1v) is 14.8. The second kappa shape index (κ2) is 9.22. The molecule has 0 atom stereocenters. The quantitative estimate of drug-likeness (QED) is 0.182. The predicted octanol–water partition coefficient (Wildman–Crippen LogP) is 11.1. The molecule has 6 aromatic carbocycles. The first-order chi connectivity index (χ1) is 19.7. The smallest absolute Gasteiger partial charge is 0.0541 e. The minimum Gasteiger partial charge on any atom is -0.309 e. The van der Waals surface area contributed by atoms with E-state index in [0.717, 1.165) is 14.6 Å². The minimum absolute atomic E-state index is 1.04. The fourth-order valence-corrected chi connectivity index (χ4v) is 7.38. The Hall–Kier alpha value is -4.12. The lowest BCUT2D eigenvalue weighted by atomic mass is 10.0. The molecule has 0 aliphatic heterocycles. The molecular weight excluding hydrogens is 620 g/mol. The van der Waals surface area contributed by atoms with Crippen molar-refractivity contribution < 1.29 is 0 Å². The highest BCUT2D eigenvalue weighted by Crippen LogP contribution is 2.38. The lowest BCUT2D eigenvalue weighted by Gasteiger charge is -2.10. The van der Waals surface area contributed by atoms with Crippen LogP contribution >= 0.6 is 31.9 Å². The molecule has 0 unspecified atom stereocenters. The summed E-state index contributed by atoms with van der Waals surface area (Å²) in [6.07, 6.45) is 0. The number of hydrogen-bond donors (Lipinski definition) is 0. The number of para-hydroxylation sites is 3. The van der Waals surface area contributed by atoms with Gasteiger partial charge in [0, 0.05) is 41.9 Å². The van der Waals surface area contributed by atoms with Crippen LogP contribution in [0.25, 0.3) is 66.1 Å². The lowest BCUT2D eigenvalue weighted by Crippen LogP contribution is -1.94. The Morgan fingerprint density at radius 2 is 0.800 bits per heavy atom. The molecule has 0 bridgehead atoms. The van der Waals surface area contributed by atoms with Crippen molar-refractivity contribution >= 4 is 75.5 Å². The Labute approximate surface area is 248 Å². The van der Waals surface area contributed by atoms with E-state index in [9.17, 15) is 0 Å². The van der Waals surface area contributed by atoms with Gasteiger partial charge in [-0.1, -0.05) is 98.6 Å². The highest BCUT2D eigenvalue weighted by Gasteiger charge is 2.16. The van der Waals surface area contributed by atoms with Gasteiger partial charge < -0.3 is 9.13 Å². The fraction of sp³-hybridized carbons (Fsp3) is 0. The SMILES string of the molecule is Brc1cc(Br)cc(-n2c3ccccc3c3cc(-c4ccc5c(c4)c4ccccc4n5-c4ccccc4)ccc32)c1. The van der Waals surface area contributed by atoms with E-state index < -0.39 is 0 Å². The van der Waals surface area contributed by atoms with Crippen LogP contribution in [0.3, 0.4) is 0 Å². The lowest BCUT2D eigenvalue weighted by molar-refractivity contribution is 1.17. The molecule has 0 aliphatic carbocycles. The molecular formula is C36H22Br2N2. The van der Waals surface area contributed by atoms with Crippen LogP contribution in [0.15, 0.2) is 142 Å². The van der Waals surface area contributed by atoms with E-state index in [2.05, 4.69) is 174 Å². The van der Waals surface area contributed by atoms with Crippen LogP contribution in [0.4, 0.5) is 0 Å². The molecule has 40 heavy (non-hydrogen) atoms. The van der Waals surface area contributed by atoms with E-state index in [-0.39, 0.29) is 0 Å². The average Bonchev–Trinajstić information content (AvgIpc) is 3.49. The van der Waals surface area contributed by atoms with Crippen molar-refractivity contribution in [3.63, 3.8) is 0 Å². The highest BCUT2D eigenvalue weighted by atomic mass is 79.9. The summed E-state index contributed by atoms with van der Waals surface area (Å²) in [7, 11) is 0. The van der Waals surface area contributed by atoms with Crippen molar-refractivity contribution in [3.8, 4) is 22.5 Å². The molecule has 8 aromatic rings. The number of benzene rings is 6. The summed E-state index contributed by atoms with van der Waals surface area (Å²) in [6.45, 7) is 0. The number of fused-ring (bicyclic) bond motifs is 6. The zero-order valence-corrected chi connectivity index (χ0v) is 24.5. The molecule has 0 saturated carbocycles. The molecule has 0 saturated heterocycles. The zero-order chi connectivity index (χ0) is 26.8. The molecule has 0 aliphatic rings. The summed E-state index contributed by atoms with van der Waals surface area (Å²) in [4.78, 5) is 0. The van der Waals surface area contributed by atoms with Gasteiger partial charge in [-0.15, -0.1) is 0 Å². The van der Waals surface area contributed by atoms with E-state index in [1.807, 2.05) is 0 Å². The molecule has 8 rings (SSSR count). The molecule has 2 aromatic heterocycles. The summed E-state index contributed by atoms with van der Waals surface area (Å²) in [5, 5.41) is 5.02. The summed E-state index contributed by atoms with van der Waals surface area (Å²) in [5.74, 6) is 0. The molecule has 0 fully saturated rings. The molecule has 4 heteroatoms. The number of halogens is 2. The van der Waals surface area contributed by atoms with E-state index in [1.165, 1.54) is 60.4 Å². The third-order valence-electron chi connectivity index (χ3n) is 7.80. The van der Waals surface area contributed by atoms with Crippen LogP contribution in [-0.2, 0) is 0 Å². The van der Waals surface area contributed by atoms with Gasteiger partial charge in [0.1, 0.15) is 0 Å². The Balaban J connectivity index is 1.36. The summed E-state index contributed by atoms with van der Waals surface area (Å²) >= 11 is 7.35. The molecule has 190 valence electrons. The zero-order valence-electron chi connectivity index (χ0n) is 21.4. The van der Waals surface area contributed by atoms with Gasteiger partial charge >= 0.3 is 0 Å². The van der Waals surface area contributed by atoms with Crippen molar-refractivity contribution in [1.82, 2.24) is 9.13 Å². The van der Waals surface area contributed by atoms with Crippen molar-refractivity contribution in [1.29, 1.82) is 0 Å². The average molecular weight is 642 g/mol. The largest absolute Gasteiger partial charge is 0.309 e. The van der Waals surface area contributed by atoms with Gasteiger partial charge in [0.2, 0.25) is 0 Å². The van der Waals surface area contributed by atoms with Crippen LogP contribution < -0.4 is 0 Å². The molecule has 0 spiro atoms. The van der Waals surface area contributed by atoms with Crippen molar-refractivity contribution in [2.45, 2.75) is 0 Å². The Morgan fingerprint density at radius 1 is 0.350 bits per heavy atom. The van der Waals surface area contributed by atoms with Crippen molar-refractivity contribution in [2.24, 2.45) is 0 Å². The van der Waals surface area contributed by atoms with Crippen LogP contribution in [-0.4, -0.2) is 9.13 Å². The maximum atomic E-state index is 3.68. The summed E-state index contributed by atoms with van der Waals surface area (Å²) in [5.41, 5.74) is 9.55.